The van der Waals surface area contributed by atoms with Crippen LogP contribution >= 0.6 is 11.8 Å². The van der Waals surface area contributed by atoms with Gasteiger partial charge in [-0.2, -0.15) is 0 Å². The van der Waals surface area contributed by atoms with Crippen LogP contribution in [0.1, 0.15) is 30.8 Å². The lowest BCUT2D eigenvalue weighted by atomic mass is 10.2. The molecule has 29 heavy (non-hydrogen) atoms. The van der Waals surface area contributed by atoms with Crippen LogP contribution in [0.3, 0.4) is 0 Å². The van der Waals surface area contributed by atoms with Crippen molar-refractivity contribution in [2.75, 3.05) is 24.5 Å². The first kappa shape index (κ1) is 20.8. The second-order valence-electron chi connectivity index (χ2n) is 6.82. The van der Waals surface area contributed by atoms with Crippen molar-refractivity contribution in [3.63, 3.8) is 0 Å². The van der Waals surface area contributed by atoms with E-state index in [2.05, 4.69) is 53.5 Å². The van der Waals surface area contributed by atoms with Gasteiger partial charge in [-0.3, -0.25) is 14.5 Å². The van der Waals surface area contributed by atoms with E-state index >= 15 is 0 Å². The van der Waals surface area contributed by atoms with Gasteiger partial charge < -0.3 is 9.47 Å². The summed E-state index contributed by atoms with van der Waals surface area (Å²) in [6.45, 7) is 10.3. The molecule has 5 nitrogen and oxygen atoms in total. The third-order valence-corrected chi connectivity index (χ3v) is 6.02. The fourth-order valence-electron chi connectivity index (χ4n) is 3.60. The molecule has 1 fully saturated rings. The second kappa shape index (κ2) is 8.62. The molecule has 2 amide bonds. The first-order valence-electron chi connectivity index (χ1n) is 9.64. The van der Waals surface area contributed by atoms with Crippen LogP contribution in [0.25, 0.3) is 11.8 Å². The van der Waals surface area contributed by atoms with Gasteiger partial charge >= 0.3 is 0 Å². The first-order chi connectivity index (χ1) is 13.9. The van der Waals surface area contributed by atoms with E-state index in [9.17, 15) is 9.59 Å². The molecule has 0 bridgehead atoms. The Morgan fingerprint density at radius 3 is 2.38 bits per heavy atom. The number of hydrogen-bond acceptors (Lipinski definition) is 4. The van der Waals surface area contributed by atoms with E-state index in [0.29, 0.717) is 4.91 Å². The van der Waals surface area contributed by atoms with Gasteiger partial charge in [0.05, 0.1) is 11.4 Å². The van der Waals surface area contributed by atoms with Crippen LogP contribution in [0.2, 0.25) is 0 Å². The Hall–Kier alpha value is -2.91. The van der Waals surface area contributed by atoms with Crippen LogP contribution in [0.15, 0.2) is 35.2 Å². The number of carbonyl (C=O) groups excluding carboxylic acids is 2. The van der Waals surface area contributed by atoms with Crippen LogP contribution in [-0.4, -0.2) is 40.2 Å². The average molecular weight is 408 g/mol. The van der Waals surface area contributed by atoms with Crippen molar-refractivity contribution in [3.8, 4) is 18.0 Å². The van der Waals surface area contributed by atoms with E-state index in [0.717, 1.165) is 52.4 Å². The fourth-order valence-corrected chi connectivity index (χ4v) is 4.43. The van der Waals surface area contributed by atoms with Gasteiger partial charge in [0.1, 0.15) is 0 Å². The quantitative estimate of drug-likeness (QED) is 0.518. The Kier molecular flexibility index (Phi) is 6.19. The third kappa shape index (κ3) is 3.96. The number of nitrogens with zero attached hydrogens (tertiary/aromatic N) is 3. The SMILES string of the molecule is C#CCN1C(=O)S/C(=C/c2cc(C)n(-c3ccc(N(CC)CC)cc3)c2C)C1=O. The largest absolute Gasteiger partial charge is 0.372 e. The summed E-state index contributed by atoms with van der Waals surface area (Å²) < 4.78 is 2.16. The molecule has 0 spiro atoms. The van der Waals surface area contributed by atoms with Gasteiger partial charge in [-0.15, -0.1) is 6.42 Å². The monoisotopic (exact) mass is 407 g/mol. The highest BCUT2D eigenvalue weighted by atomic mass is 32.2. The van der Waals surface area contributed by atoms with Gasteiger partial charge in [0, 0.05) is 35.9 Å². The Balaban J connectivity index is 1.93. The topological polar surface area (TPSA) is 45.6 Å². The summed E-state index contributed by atoms with van der Waals surface area (Å²) in [6, 6.07) is 10.5. The first-order valence-corrected chi connectivity index (χ1v) is 10.5. The molecule has 2 heterocycles. The number of thioether (sulfide) groups is 1. The zero-order valence-electron chi connectivity index (χ0n) is 17.2. The molecule has 150 valence electrons. The molecule has 3 rings (SSSR count). The number of hydrogen-bond donors (Lipinski definition) is 0. The van der Waals surface area contributed by atoms with E-state index in [1.165, 1.54) is 5.69 Å². The Morgan fingerprint density at radius 2 is 1.79 bits per heavy atom. The van der Waals surface area contributed by atoms with Gasteiger partial charge in [-0.1, -0.05) is 5.92 Å². The van der Waals surface area contributed by atoms with E-state index in [1.807, 2.05) is 19.9 Å². The smallest absolute Gasteiger partial charge is 0.294 e. The molecule has 1 saturated heterocycles. The van der Waals surface area contributed by atoms with Crippen LogP contribution < -0.4 is 4.90 Å². The summed E-state index contributed by atoms with van der Waals surface area (Å²) in [5, 5.41) is -0.319. The lowest BCUT2D eigenvalue weighted by molar-refractivity contribution is -0.122. The zero-order valence-corrected chi connectivity index (χ0v) is 18.0. The van der Waals surface area contributed by atoms with Crippen molar-refractivity contribution in [2.24, 2.45) is 0 Å². The van der Waals surface area contributed by atoms with E-state index in [1.54, 1.807) is 6.08 Å². The molecular formula is C23H25N3O2S. The Bertz CT molecular complexity index is 1010. The summed E-state index contributed by atoms with van der Waals surface area (Å²) in [6.07, 6.45) is 7.04. The van der Waals surface area contributed by atoms with Crippen LogP contribution in [0, 0.1) is 26.2 Å². The highest BCUT2D eigenvalue weighted by Crippen LogP contribution is 2.33. The van der Waals surface area contributed by atoms with Crippen molar-refractivity contribution < 1.29 is 9.59 Å². The average Bonchev–Trinajstić information content (AvgIpc) is 3.13. The molecule has 1 aromatic carbocycles. The maximum atomic E-state index is 12.5. The number of aryl methyl sites for hydroxylation is 1. The molecule has 1 aromatic heterocycles. The summed E-state index contributed by atoms with van der Waals surface area (Å²) in [5.74, 6) is 2.03. The third-order valence-electron chi connectivity index (χ3n) is 5.12. The lowest BCUT2D eigenvalue weighted by Gasteiger charge is -2.21. The minimum absolute atomic E-state index is 0.0000844. The highest BCUT2D eigenvalue weighted by molar-refractivity contribution is 8.18. The molecule has 0 saturated carbocycles. The maximum Gasteiger partial charge on any atom is 0.294 e. The molecule has 0 radical (unpaired) electrons. The van der Waals surface area contributed by atoms with Gasteiger partial charge in [0.25, 0.3) is 11.1 Å². The van der Waals surface area contributed by atoms with Gasteiger partial charge in [0.2, 0.25) is 0 Å². The van der Waals surface area contributed by atoms with Crippen molar-refractivity contribution in [2.45, 2.75) is 27.7 Å². The van der Waals surface area contributed by atoms with Crippen molar-refractivity contribution in [3.05, 3.63) is 52.2 Å². The van der Waals surface area contributed by atoms with Crippen molar-refractivity contribution in [1.82, 2.24) is 9.47 Å². The van der Waals surface area contributed by atoms with Gasteiger partial charge in [0.15, 0.2) is 0 Å². The number of rotatable bonds is 6. The summed E-state index contributed by atoms with van der Waals surface area (Å²) in [5.41, 5.74) is 5.26. The summed E-state index contributed by atoms with van der Waals surface area (Å²) >= 11 is 0.935. The van der Waals surface area contributed by atoms with Crippen LogP contribution in [0.4, 0.5) is 10.5 Å². The zero-order chi connectivity index (χ0) is 21.1. The lowest BCUT2D eigenvalue weighted by Crippen LogP contribution is -2.28. The normalized spacial score (nSPS) is 15.3. The summed E-state index contributed by atoms with van der Waals surface area (Å²) in [4.78, 5) is 28.3. The van der Waals surface area contributed by atoms with Crippen LogP contribution in [-0.2, 0) is 4.79 Å². The van der Waals surface area contributed by atoms with E-state index in [-0.39, 0.29) is 17.7 Å². The number of benzene rings is 1. The molecule has 2 aromatic rings. The molecule has 0 N–H and O–H groups in total. The number of amides is 2. The molecular weight excluding hydrogens is 382 g/mol. The number of terminal acetylenes is 1. The molecule has 1 aliphatic rings. The number of imide groups is 1. The second-order valence-corrected chi connectivity index (χ2v) is 7.82. The Morgan fingerprint density at radius 1 is 1.14 bits per heavy atom. The fraction of sp³-hybridized carbons (Fsp3) is 0.304. The number of anilines is 1. The predicted octanol–water partition coefficient (Wildman–Crippen LogP) is 4.61. The maximum absolute atomic E-state index is 12.5. The minimum atomic E-state index is -0.327. The van der Waals surface area contributed by atoms with Crippen molar-refractivity contribution >= 4 is 34.7 Å². The van der Waals surface area contributed by atoms with Gasteiger partial charge in [-0.25, -0.2) is 0 Å². The molecule has 6 heteroatoms. The van der Waals surface area contributed by atoms with Crippen LogP contribution in [0.5, 0.6) is 0 Å². The number of carbonyl (C=O) groups is 2. The van der Waals surface area contributed by atoms with E-state index in [4.69, 9.17) is 6.42 Å². The molecule has 0 unspecified atom stereocenters. The molecule has 1 aliphatic heterocycles. The summed E-state index contributed by atoms with van der Waals surface area (Å²) in [7, 11) is 0. The molecule has 0 atom stereocenters. The van der Waals surface area contributed by atoms with Gasteiger partial charge in [-0.05, 0) is 81.4 Å². The predicted molar refractivity (Wildman–Crippen MR) is 120 cm³/mol. The van der Waals surface area contributed by atoms with Crippen molar-refractivity contribution in [1.29, 1.82) is 0 Å². The standard InChI is InChI=1S/C23H25N3O2S/c1-6-13-25-22(27)21(29-23(25)28)15-18-14-16(4)26(17(18)5)20-11-9-19(10-12-20)24(7-2)8-3/h1,9-12,14-15H,7-8,13H2,2-5H3/b21-15+. The number of aromatic nitrogens is 1. The minimum Gasteiger partial charge on any atom is -0.372 e. The highest BCUT2D eigenvalue weighted by Gasteiger charge is 2.34. The molecule has 0 aliphatic carbocycles. The van der Waals surface area contributed by atoms with E-state index < -0.39 is 0 Å². The Labute approximate surface area is 176 Å².